The van der Waals surface area contributed by atoms with Crippen LogP contribution in [0, 0.1) is 0 Å². The van der Waals surface area contributed by atoms with Crippen LogP contribution in [-0.4, -0.2) is 29.3 Å². The van der Waals surface area contributed by atoms with Crippen LogP contribution in [0.25, 0.3) is 0 Å². The number of quaternary nitrogens is 1. The first-order valence-electron chi connectivity index (χ1n) is 2.52. The first-order valence-corrected chi connectivity index (χ1v) is 2.52. The number of aliphatic hydroxyl groups excluding tert-OH is 1. The first-order chi connectivity index (χ1) is 3.29. The molecule has 4 N–H and O–H groups in total. The van der Waals surface area contributed by atoms with E-state index in [4.69, 9.17) is 5.11 Å². The van der Waals surface area contributed by atoms with Gasteiger partial charge in [0, 0.05) is 6.54 Å². The lowest BCUT2D eigenvalue weighted by molar-refractivity contribution is -0.569. The standard InChI is InChI=1S/C4H10N2O/c5-6-2-1-4(7)3-6/h4,7H,1-3,5H2/p+1. The zero-order chi connectivity index (χ0) is 5.28. The zero-order valence-electron chi connectivity index (χ0n) is 4.30. The van der Waals surface area contributed by atoms with Crippen LogP contribution < -0.4 is 5.84 Å². The summed E-state index contributed by atoms with van der Waals surface area (Å²) in [4.78, 5) is 0. The van der Waals surface area contributed by atoms with E-state index in [9.17, 15) is 0 Å². The molecule has 0 bridgehead atoms. The van der Waals surface area contributed by atoms with E-state index in [1.807, 2.05) is 5.01 Å². The van der Waals surface area contributed by atoms with Gasteiger partial charge in [-0.3, -0.25) is 5.84 Å². The van der Waals surface area contributed by atoms with Gasteiger partial charge in [-0.25, -0.2) is 0 Å². The minimum atomic E-state index is -0.113. The van der Waals surface area contributed by atoms with Gasteiger partial charge in [-0.05, 0) is 6.42 Å². The topological polar surface area (TPSA) is 51.1 Å². The highest BCUT2D eigenvalue weighted by Gasteiger charge is 2.18. The average molecular weight is 103 g/mol. The van der Waals surface area contributed by atoms with Crippen molar-refractivity contribution < 1.29 is 10.9 Å². The van der Waals surface area contributed by atoms with Gasteiger partial charge in [-0.1, -0.05) is 0 Å². The molecule has 7 heavy (non-hydrogen) atoms. The van der Waals surface area contributed by atoms with Crippen molar-refractivity contribution in [1.29, 1.82) is 0 Å². The second kappa shape index (κ2) is 1.78. The molecule has 1 atom stereocenters. The number of β-amino-alcohol motifs (C(OH)–C–C–N with tert-alkyl or cyclic N) is 1. The molecule has 1 aliphatic rings. The molecule has 1 saturated heterocycles. The molecule has 0 aromatic carbocycles. The molecule has 0 saturated carbocycles. The third-order valence-electron chi connectivity index (χ3n) is 1.25. The Hall–Kier alpha value is -0.120. The van der Waals surface area contributed by atoms with Crippen molar-refractivity contribution in [2.45, 2.75) is 12.5 Å². The van der Waals surface area contributed by atoms with Crippen LogP contribution >= 0.6 is 0 Å². The van der Waals surface area contributed by atoms with Crippen molar-refractivity contribution >= 4 is 0 Å². The second-order valence-corrected chi connectivity index (χ2v) is 2.02. The first kappa shape index (κ1) is 5.03. The summed E-state index contributed by atoms with van der Waals surface area (Å²) in [7, 11) is 0. The van der Waals surface area contributed by atoms with Crippen LogP contribution in [-0.2, 0) is 0 Å². The van der Waals surface area contributed by atoms with E-state index in [2.05, 4.69) is 5.84 Å². The molecular formula is C4H11N2O+. The van der Waals surface area contributed by atoms with E-state index in [0.717, 1.165) is 19.5 Å². The third-order valence-corrected chi connectivity index (χ3v) is 1.25. The normalized spacial score (nSPS) is 34.3. The van der Waals surface area contributed by atoms with Crippen LogP contribution in [0.15, 0.2) is 0 Å². The summed E-state index contributed by atoms with van der Waals surface area (Å²) in [5.74, 6) is 3.66. The van der Waals surface area contributed by atoms with Crippen molar-refractivity contribution in [2.75, 3.05) is 13.1 Å². The Morgan fingerprint density at radius 1 is 1.71 bits per heavy atom. The Bertz CT molecular complexity index is 58.7. The number of rotatable bonds is 0. The van der Waals surface area contributed by atoms with Gasteiger partial charge in [0.25, 0.3) is 0 Å². The second-order valence-electron chi connectivity index (χ2n) is 2.02. The van der Waals surface area contributed by atoms with Crippen molar-refractivity contribution in [2.24, 2.45) is 0 Å². The van der Waals surface area contributed by atoms with Gasteiger partial charge in [0.05, 0.1) is 12.6 Å². The van der Waals surface area contributed by atoms with Gasteiger partial charge >= 0.3 is 0 Å². The Kier molecular flexibility index (Phi) is 1.27. The molecule has 0 spiro atoms. The van der Waals surface area contributed by atoms with Gasteiger partial charge in [0.1, 0.15) is 0 Å². The molecule has 3 nitrogen and oxygen atoms in total. The summed E-state index contributed by atoms with van der Waals surface area (Å²) >= 11 is 0. The van der Waals surface area contributed by atoms with Gasteiger partial charge in [0.2, 0.25) is 0 Å². The molecule has 1 heterocycles. The average Bonchev–Trinajstić information content (AvgIpc) is 1.87. The van der Waals surface area contributed by atoms with E-state index >= 15 is 0 Å². The van der Waals surface area contributed by atoms with E-state index < -0.39 is 0 Å². The molecule has 0 aliphatic carbocycles. The fraction of sp³-hybridized carbons (Fsp3) is 1.00. The summed E-state index contributed by atoms with van der Waals surface area (Å²) < 4.78 is 0. The Labute approximate surface area is 42.7 Å². The predicted octanol–water partition coefficient (Wildman–Crippen LogP) is -1.79. The molecule has 0 aromatic heterocycles. The van der Waals surface area contributed by atoms with Gasteiger partial charge in [0.15, 0.2) is 0 Å². The van der Waals surface area contributed by atoms with E-state index in [-0.39, 0.29) is 6.10 Å². The lowest BCUT2D eigenvalue weighted by Gasteiger charge is -1.98. The predicted molar refractivity (Wildman–Crippen MR) is 25.1 cm³/mol. The van der Waals surface area contributed by atoms with Crippen molar-refractivity contribution in [3.63, 3.8) is 0 Å². The highest BCUT2D eigenvalue weighted by Crippen LogP contribution is 2.00. The minimum Gasteiger partial charge on any atom is -0.392 e. The SMILES string of the molecule is [NH3+]N1CCC(O)C1. The Balaban J connectivity index is 2.26. The van der Waals surface area contributed by atoms with E-state index in [1.165, 1.54) is 0 Å². The Morgan fingerprint density at radius 2 is 2.43 bits per heavy atom. The fourth-order valence-electron chi connectivity index (χ4n) is 0.812. The van der Waals surface area contributed by atoms with E-state index in [1.54, 1.807) is 0 Å². The van der Waals surface area contributed by atoms with Crippen LogP contribution in [0.5, 0.6) is 0 Å². The maximum absolute atomic E-state index is 8.82. The number of hydrogen-bond donors (Lipinski definition) is 2. The number of hydrogen-bond acceptors (Lipinski definition) is 2. The summed E-state index contributed by atoms with van der Waals surface area (Å²) in [5, 5.41) is 10.7. The minimum absolute atomic E-state index is 0.113. The molecule has 0 amide bonds. The highest BCUT2D eigenvalue weighted by molar-refractivity contribution is 4.66. The summed E-state index contributed by atoms with van der Waals surface area (Å²) in [5.41, 5.74) is 0. The number of aliphatic hydroxyl groups is 1. The third kappa shape index (κ3) is 1.12. The maximum Gasteiger partial charge on any atom is 0.0733 e. The monoisotopic (exact) mass is 103 g/mol. The lowest BCUT2D eigenvalue weighted by atomic mass is 10.3. The smallest absolute Gasteiger partial charge is 0.0733 e. The molecule has 0 radical (unpaired) electrons. The van der Waals surface area contributed by atoms with Gasteiger partial charge in [-0.15, -0.1) is 0 Å². The highest BCUT2D eigenvalue weighted by atomic mass is 16.3. The molecule has 42 valence electrons. The summed E-state index contributed by atoms with van der Waals surface area (Å²) in [6.07, 6.45) is 0.779. The lowest BCUT2D eigenvalue weighted by Crippen LogP contribution is -2.66. The van der Waals surface area contributed by atoms with Crippen molar-refractivity contribution in [3.8, 4) is 0 Å². The fourth-order valence-corrected chi connectivity index (χ4v) is 0.812. The molecule has 1 aliphatic heterocycles. The number of nitrogens with zero attached hydrogens (tertiary/aromatic N) is 1. The van der Waals surface area contributed by atoms with Crippen molar-refractivity contribution in [1.82, 2.24) is 5.01 Å². The van der Waals surface area contributed by atoms with Gasteiger partial charge in [-0.2, -0.15) is 5.01 Å². The molecule has 0 aromatic rings. The quantitative estimate of drug-likeness (QED) is 0.380. The van der Waals surface area contributed by atoms with Crippen LogP contribution in [0.3, 0.4) is 0 Å². The Morgan fingerprint density at radius 3 is 2.57 bits per heavy atom. The van der Waals surface area contributed by atoms with Crippen LogP contribution in [0.4, 0.5) is 0 Å². The maximum atomic E-state index is 8.82. The molecule has 3 heteroatoms. The zero-order valence-corrected chi connectivity index (χ0v) is 4.30. The molecular weight excluding hydrogens is 92.1 g/mol. The largest absolute Gasteiger partial charge is 0.392 e. The molecule has 1 fully saturated rings. The van der Waals surface area contributed by atoms with E-state index in [0.29, 0.717) is 0 Å². The van der Waals surface area contributed by atoms with Crippen molar-refractivity contribution in [3.05, 3.63) is 0 Å². The van der Waals surface area contributed by atoms with Crippen LogP contribution in [0.1, 0.15) is 6.42 Å². The van der Waals surface area contributed by atoms with Gasteiger partial charge < -0.3 is 5.11 Å². The summed E-state index contributed by atoms with van der Waals surface area (Å²) in [6.45, 7) is 1.70. The molecule has 1 unspecified atom stereocenters. The summed E-state index contributed by atoms with van der Waals surface area (Å²) in [6, 6.07) is 0. The van der Waals surface area contributed by atoms with Crippen LogP contribution in [0.2, 0.25) is 0 Å². The molecule has 1 rings (SSSR count).